The quantitative estimate of drug-likeness (QED) is 0.817. The second-order valence-electron chi connectivity index (χ2n) is 3.32. The predicted octanol–water partition coefficient (Wildman–Crippen LogP) is 2.09. The zero-order valence-electron chi connectivity index (χ0n) is 9.25. The van der Waals surface area contributed by atoms with E-state index >= 15 is 0 Å². The molecule has 4 nitrogen and oxygen atoms in total. The Morgan fingerprint density at radius 1 is 1.50 bits per heavy atom. The summed E-state index contributed by atoms with van der Waals surface area (Å²) in [6, 6.07) is 5.80. The summed E-state index contributed by atoms with van der Waals surface area (Å²) in [5.41, 5.74) is 0.969. The Kier molecular flexibility index (Phi) is 3.48. The molecule has 0 spiro atoms. The molecule has 0 N–H and O–H groups in total. The van der Waals surface area contributed by atoms with Crippen molar-refractivity contribution in [1.82, 2.24) is 9.55 Å². The Hall–Kier alpha value is -1.46. The Balaban J connectivity index is 2.39. The third-order valence-electron chi connectivity index (χ3n) is 2.01. The lowest BCUT2D eigenvalue weighted by atomic mass is 10.4. The number of hydrogen-bond acceptors (Lipinski definition) is 4. The molecule has 0 aliphatic heterocycles. The molecule has 0 saturated heterocycles. The van der Waals surface area contributed by atoms with E-state index in [9.17, 15) is 0 Å². The Labute approximate surface area is 97.9 Å². The van der Waals surface area contributed by atoms with Gasteiger partial charge in [-0.15, -0.1) is 11.3 Å². The molecule has 2 rings (SSSR count). The third-order valence-corrected chi connectivity index (χ3v) is 2.81. The van der Waals surface area contributed by atoms with Crippen LogP contribution in [0.2, 0.25) is 0 Å². The van der Waals surface area contributed by atoms with E-state index in [2.05, 4.69) is 9.98 Å². The van der Waals surface area contributed by atoms with Gasteiger partial charge in [0.1, 0.15) is 6.73 Å². The Morgan fingerprint density at radius 3 is 3.12 bits per heavy atom. The van der Waals surface area contributed by atoms with Gasteiger partial charge >= 0.3 is 0 Å². The molecule has 0 amide bonds. The monoisotopic (exact) mass is 235 g/mol. The van der Waals surface area contributed by atoms with Crippen molar-refractivity contribution >= 4 is 17.2 Å². The molecule has 16 heavy (non-hydrogen) atoms. The van der Waals surface area contributed by atoms with Crippen LogP contribution in [0.3, 0.4) is 0 Å². The number of rotatable bonds is 3. The number of nitrogens with zero attached hydrogens (tertiary/aromatic N) is 3. The summed E-state index contributed by atoms with van der Waals surface area (Å²) < 4.78 is 7.02. The van der Waals surface area contributed by atoms with Gasteiger partial charge in [-0.3, -0.25) is 4.57 Å². The van der Waals surface area contributed by atoms with Crippen molar-refractivity contribution in [2.45, 2.75) is 13.7 Å². The summed E-state index contributed by atoms with van der Waals surface area (Å²) in [5, 5.41) is 1.98. The van der Waals surface area contributed by atoms with Crippen molar-refractivity contribution in [3.05, 3.63) is 40.3 Å². The van der Waals surface area contributed by atoms with E-state index in [4.69, 9.17) is 4.74 Å². The highest BCUT2D eigenvalue weighted by atomic mass is 32.1. The minimum absolute atomic E-state index is 0.508. The van der Waals surface area contributed by atoms with E-state index in [0.29, 0.717) is 6.73 Å². The lowest BCUT2D eigenvalue weighted by molar-refractivity contribution is 0.129. The molecule has 84 valence electrons. The number of ether oxygens (including phenoxy) is 1. The van der Waals surface area contributed by atoms with Gasteiger partial charge in [0.05, 0.1) is 0 Å². The van der Waals surface area contributed by atoms with Crippen LogP contribution in [-0.2, 0) is 11.5 Å². The highest BCUT2D eigenvalue weighted by molar-refractivity contribution is 7.07. The van der Waals surface area contributed by atoms with Crippen molar-refractivity contribution in [2.24, 2.45) is 4.99 Å². The van der Waals surface area contributed by atoms with Gasteiger partial charge < -0.3 is 4.74 Å². The standard InChI is InChI=1S/C11H13N3OS/c1-9-4-3-5-10(12-9)13-11-14(8-15-2)6-7-16-11/h3-7H,8H2,1-2H3. The second kappa shape index (κ2) is 5.05. The third kappa shape index (κ3) is 2.56. The molecule has 0 fully saturated rings. The molecule has 5 heteroatoms. The molecular weight excluding hydrogens is 222 g/mol. The van der Waals surface area contributed by atoms with Crippen LogP contribution in [0.1, 0.15) is 5.69 Å². The first-order valence-electron chi connectivity index (χ1n) is 4.91. The normalized spacial score (nSPS) is 12.0. The predicted molar refractivity (Wildman–Crippen MR) is 63.5 cm³/mol. The van der Waals surface area contributed by atoms with Crippen LogP contribution in [0.5, 0.6) is 0 Å². The van der Waals surface area contributed by atoms with Crippen LogP contribution < -0.4 is 4.80 Å². The first-order chi connectivity index (χ1) is 7.79. The summed E-state index contributed by atoms with van der Waals surface area (Å²) >= 11 is 1.57. The zero-order chi connectivity index (χ0) is 11.4. The maximum Gasteiger partial charge on any atom is 0.193 e. The van der Waals surface area contributed by atoms with Crippen LogP contribution in [0.15, 0.2) is 34.8 Å². The van der Waals surface area contributed by atoms with Crippen molar-refractivity contribution in [3.8, 4) is 0 Å². The maximum atomic E-state index is 5.08. The van der Waals surface area contributed by atoms with Gasteiger partial charge in [-0.25, -0.2) is 9.98 Å². The molecular formula is C11H13N3OS. The highest BCUT2D eigenvalue weighted by Crippen LogP contribution is 2.07. The molecule has 0 aliphatic rings. The topological polar surface area (TPSA) is 39.4 Å². The first kappa shape index (κ1) is 11.0. The average Bonchev–Trinajstić information content (AvgIpc) is 2.66. The smallest absolute Gasteiger partial charge is 0.193 e. The van der Waals surface area contributed by atoms with Gasteiger partial charge in [-0.2, -0.15) is 0 Å². The fraction of sp³-hybridized carbons (Fsp3) is 0.273. The molecule has 0 radical (unpaired) electrons. The number of thiazole rings is 1. The average molecular weight is 235 g/mol. The fourth-order valence-electron chi connectivity index (χ4n) is 1.31. The minimum Gasteiger partial charge on any atom is -0.364 e. The van der Waals surface area contributed by atoms with E-state index in [-0.39, 0.29) is 0 Å². The van der Waals surface area contributed by atoms with E-state index in [1.807, 2.05) is 41.3 Å². The maximum absolute atomic E-state index is 5.08. The molecule has 0 saturated carbocycles. The number of methoxy groups -OCH3 is 1. The minimum atomic E-state index is 0.508. The summed E-state index contributed by atoms with van der Waals surface area (Å²) in [7, 11) is 1.67. The molecule has 2 heterocycles. The van der Waals surface area contributed by atoms with Gasteiger partial charge in [-0.05, 0) is 19.1 Å². The summed E-state index contributed by atoms with van der Waals surface area (Å²) in [6.45, 7) is 2.46. The Morgan fingerprint density at radius 2 is 2.38 bits per heavy atom. The summed E-state index contributed by atoms with van der Waals surface area (Å²) in [4.78, 5) is 9.69. The van der Waals surface area contributed by atoms with E-state index < -0.39 is 0 Å². The highest BCUT2D eigenvalue weighted by Gasteiger charge is 1.96. The summed E-state index contributed by atoms with van der Waals surface area (Å²) in [5.74, 6) is 0.729. The molecule has 0 unspecified atom stereocenters. The lowest BCUT2D eigenvalue weighted by Gasteiger charge is -1.99. The molecule has 0 aliphatic carbocycles. The lowest BCUT2D eigenvalue weighted by Crippen LogP contribution is -2.14. The van der Waals surface area contributed by atoms with Gasteiger partial charge in [-0.1, -0.05) is 6.07 Å². The molecule has 0 atom stereocenters. The first-order valence-corrected chi connectivity index (χ1v) is 5.79. The van der Waals surface area contributed by atoms with E-state index in [1.165, 1.54) is 0 Å². The second-order valence-corrected chi connectivity index (χ2v) is 4.20. The molecule has 2 aromatic heterocycles. The van der Waals surface area contributed by atoms with Gasteiger partial charge in [0.25, 0.3) is 0 Å². The number of pyridine rings is 1. The molecule has 2 aromatic rings. The summed E-state index contributed by atoms with van der Waals surface area (Å²) in [6.07, 6.45) is 1.95. The van der Waals surface area contributed by atoms with Gasteiger partial charge in [0.15, 0.2) is 10.6 Å². The van der Waals surface area contributed by atoms with E-state index in [0.717, 1.165) is 16.3 Å². The number of aromatic nitrogens is 2. The van der Waals surface area contributed by atoms with Gasteiger partial charge in [0.2, 0.25) is 0 Å². The SMILES string of the molecule is COCn1ccsc1=Nc1cccc(C)n1. The number of aryl methyl sites for hydroxylation is 1. The molecule has 0 aromatic carbocycles. The zero-order valence-corrected chi connectivity index (χ0v) is 10.1. The molecule has 0 bridgehead atoms. The van der Waals surface area contributed by atoms with Crippen molar-refractivity contribution in [2.75, 3.05) is 7.11 Å². The Bertz CT molecular complexity index is 530. The van der Waals surface area contributed by atoms with E-state index in [1.54, 1.807) is 18.4 Å². The van der Waals surface area contributed by atoms with Crippen LogP contribution in [0.4, 0.5) is 5.82 Å². The van der Waals surface area contributed by atoms with Crippen molar-refractivity contribution in [1.29, 1.82) is 0 Å². The van der Waals surface area contributed by atoms with Crippen LogP contribution in [0.25, 0.3) is 0 Å². The van der Waals surface area contributed by atoms with Crippen LogP contribution in [-0.4, -0.2) is 16.7 Å². The van der Waals surface area contributed by atoms with Crippen LogP contribution in [0, 0.1) is 6.92 Å². The number of hydrogen-bond donors (Lipinski definition) is 0. The largest absolute Gasteiger partial charge is 0.364 e. The van der Waals surface area contributed by atoms with Crippen molar-refractivity contribution in [3.63, 3.8) is 0 Å². The van der Waals surface area contributed by atoms with Gasteiger partial charge in [0, 0.05) is 24.4 Å². The van der Waals surface area contributed by atoms with Crippen LogP contribution >= 0.6 is 11.3 Å². The van der Waals surface area contributed by atoms with Crippen molar-refractivity contribution < 1.29 is 4.74 Å². The fourth-order valence-corrected chi connectivity index (χ4v) is 2.04.